The highest BCUT2D eigenvalue weighted by Crippen LogP contribution is 2.35. The molecule has 0 saturated carbocycles. The van der Waals surface area contributed by atoms with E-state index in [2.05, 4.69) is 4.98 Å². The predicted molar refractivity (Wildman–Crippen MR) is 99.9 cm³/mol. The summed E-state index contributed by atoms with van der Waals surface area (Å²) >= 11 is 0. The maximum atomic E-state index is 12.7. The van der Waals surface area contributed by atoms with Gasteiger partial charge in [0.2, 0.25) is 0 Å². The van der Waals surface area contributed by atoms with Crippen molar-refractivity contribution in [2.75, 3.05) is 31.1 Å². The molecule has 27 heavy (non-hydrogen) atoms. The summed E-state index contributed by atoms with van der Waals surface area (Å²) < 4.78 is 5.75. The van der Waals surface area contributed by atoms with Gasteiger partial charge in [0, 0.05) is 25.0 Å². The molecule has 2 aromatic rings. The van der Waals surface area contributed by atoms with Crippen LogP contribution < -0.4 is 9.64 Å². The molecule has 0 aliphatic carbocycles. The Morgan fingerprint density at radius 3 is 2.44 bits per heavy atom. The summed E-state index contributed by atoms with van der Waals surface area (Å²) in [7, 11) is 0. The molecule has 7 heteroatoms. The fraction of sp³-hybridized carbons (Fsp3) is 0.350. The van der Waals surface area contributed by atoms with Crippen LogP contribution in [0.15, 0.2) is 36.5 Å². The van der Waals surface area contributed by atoms with E-state index >= 15 is 0 Å². The summed E-state index contributed by atoms with van der Waals surface area (Å²) in [5, 5.41) is 9.05. The van der Waals surface area contributed by atoms with E-state index in [0.717, 1.165) is 31.6 Å². The number of nitrogens with zero attached hydrogens (tertiary/aromatic N) is 3. The number of ether oxygens (including phenoxy) is 1. The van der Waals surface area contributed by atoms with Crippen LogP contribution in [-0.4, -0.2) is 53.1 Å². The number of likely N-dealkylation sites (tertiary alicyclic amines) is 1. The van der Waals surface area contributed by atoms with E-state index in [4.69, 9.17) is 9.84 Å². The molecule has 0 unspecified atom stereocenters. The van der Waals surface area contributed by atoms with Gasteiger partial charge in [0.25, 0.3) is 5.91 Å². The van der Waals surface area contributed by atoms with Gasteiger partial charge in [0.05, 0.1) is 17.7 Å². The lowest BCUT2D eigenvalue weighted by molar-refractivity contribution is 0.0694. The molecule has 7 nitrogen and oxygen atoms in total. The van der Waals surface area contributed by atoms with Gasteiger partial charge in [0.1, 0.15) is 6.61 Å². The molecule has 0 bridgehead atoms. The molecular formula is C20H21N3O4. The van der Waals surface area contributed by atoms with Crippen LogP contribution in [0, 0.1) is 0 Å². The molecule has 2 aliphatic rings. The molecule has 3 heterocycles. The molecule has 2 aliphatic heterocycles. The summed E-state index contributed by atoms with van der Waals surface area (Å²) in [5.41, 5.74) is 1.62. The first kappa shape index (κ1) is 17.3. The molecular weight excluding hydrogens is 346 g/mol. The number of fused-ring (bicyclic) bond motifs is 1. The Bertz CT molecular complexity index is 860. The smallest absolute Gasteiger partial charge is 0.335 e. The highest BCUT2D eigenvalue weighted by atomic mass is 16.5. The normalized spacial score (nSPS) is 16.4. The van der Waals surface area contributed by atoms with Gasteiger partial charge in [-0.05, 0) is 49.6 Å². The minimum atomic E-state index is -0.956. The molecule has 140 valence electrons. The van der Waals surface area contributed by atoms with Crippen LogP contribution in [0.1, 0.15) is 40.0 Å². The highest BCUT2D eigenvalue weighted by molar-refractivity contribution is 5.95. The van der Waals surface area contributed by atoms with Gasteiger partial charge in [-0.1, -0.05) is 0 Å². The number of pyridine rings is 1. The zero-order valence-electron chi connectivity index (χ0n) is 14.9. The molecule has 1 fully saturated rings. The van der Waals surface area contributed by atoms with Crippen LogP contribution in [0.5, 0.6) is 5.75 Å². The number of aromatic nitrogens is 1. The Kier molecular flexibility index (Phi) is 4.66. The van der Waals surface area contributed by atoms with Crippen LogP contribution in [0.4, 0.5) is 11.5 Å². The number of carbonyl (C=O) groups is 2. The number of hydrogen-bond donors (Lipinski definition) is 1. The van der Waals surface area contributed by atoms with Crippen LogP contribution in [0.2, 0.25) is 0 Å². The quantitative estimate of drug-likeness (QED) is 0.898. The topological polar surface area (TPSA) is 83.0 Å². The second-order valence-corrected chi connectivity index (χ2v) is 6.75. The van der Waals surface area contributed by atoms with Crippen LogP contribution >= 0.6 is 0 Å². The van der Waals surface area contributed by atoms with Crippen molar-refractivity contribution in [3.8, 4) is 5.75 Å². The lowest BCUT2D eigenvalue weighted by Gasteiger charge is -2.31. The Morgan fingerprint density at radius 1 is 1.00 bits per heavy atom. The van der Waals surface area contributed by atoms with Crippen LogP contribution in [0.3, 0.4) is 0 Å². The molecule has 1 amide bonds. The number of piperidine rings is 1. The van der Waals surface area contributed by atoms with Crippen molar-refractivity contribution in [1.82, 2.24) is 9.88 Å². The van der Waals surface area contributed by atoms with E-state index in [1.165, 1.54) is 6.42 Å². The average Bonchev–Trinajstić information content (AvgIpc) is 2.73. The van der Waals surface area contributed by atoms with Gasteiger partial charge >= 0.3 is 5.97 Å². The summed E-state index contributed by atoms with van der Waals surface area (Å²) in [6.45, 7) is 2.65. The molecule has 0 spiro atoms. The predicted octanol–water partition coefficient (Wildman–Crippen LogP) is 2.94. The number of carboxylic acid groups (broad SMARTS) is 1. The molecule has 1 N–H and O–H groups in total. The Morgan fingerprint density at radius 2 is 1.74 bits per heavy atom. The number of carboxylic acids is 1. The number of aromatic carboxylic acids is 1. The standard InChI is InChI=1S/C20H21N3O4/c24-19(22-8-2-1-3-9-22)15-12-17-18(21-13-15)23(10-11-27-17)16-6-4-14(5-7-16)20(25)26/h4-7,12-13H,1-3,8-11H2,(H,25,26). The first-order valence-corrected chi connectivity index (χ1v) is 9.16. The first-order chi connectivity index (χ1) is 13.1. The third kappa shape index (κ3) is 3.45. The highest BCUT2D eigenvalue weighted by Gasteiger charge is 2.25. The van der Waals surface area contributed by atoms with Gasteiger partial charge in [-0.25, -0.2) is 9.78 Å². The minimum absolute atomic E-state index is 0.00321. The minimum Gasteiger partial charge on any atom is -0.488 e. The van der Waals surface area contributed by atoms with Crippen molar-refractivity contribution >= 4 is 23.4 Å². The first-order valence-electron chi connectivity index (χ1n) is 9.16. The summed E-state index contributed by atoms with van der Waals surface area (Å²) in [6.07, 6.45) is 4.86. The maximum absolute atomic E-state index is 12.7. The van der Waals surface area contributed by atoms with Crippen molar-refractivity contribution in [3.05, 3.63) is 47.7 Å². The molecule has 0 atom stereocenters. The lowest BCUT2D eigenvalue weighted by atomic mass is 10.1. The fourth-order valence-electron chi connectivity index (χ4n) is 3.53. The van der Waals surface area contributed by atoms with Gasteiger partial charge in [-0.2, -0.15) is 0 Å². The molecule has 1 saturated heterocycles. The maximum Gasteiger partial charge on any atom is 0.335 e. The summed E-state index contributed by atoms with van der Waals surface area (Å²) in [5.74, 6) is 0.255. The molecule has 0 radical (unpaired) electrons. The molecule has 1 aromatic heterocycles. The summed E-state index contributed by atoms with van der Waals surface area (Å²) in [6, 6.07) is 8.42. The van der Waals surface area contributed by atoms with Gasteiger partial charge in [-0.15, -0.1) is 0 Å². The van der Waals surface area contributed by atoms with Gasteiger partial charge < -0.3 is 19.6 Å². The Labute approximate surface area is 157 Å². The largest absolute Gasteiger partial charge is 0.488 e. The summed E-state index contributed by atoms with van der Waals surface area (Å²) in [4.78, 5) is 32.1. The van der Waals surface area contributed by atoms with Crippen molar-refractivity contribution in [2.45, 2.75) is 19.3 Å². The van der Waals surface area contributed by atoms with Crippen molar-refractivity contribution in [2.24, 2.45) is 0 Å². The van der Waals surface area contributed by atoms with E-state index in [0.29, 0.717) is 30.3 Å². The third-order valence-corrected chi connectivity index (χ3v) is 4.98. The van der Waals surface area contributed by atoms with Crippen LogP contribution in [-0.2, 0) is 0 Å². The average molecular weight is 367 g/mol. The molecule has 4 rings (SSSR count). The monoisotopic (exact) mass is 367 g/mol. The Balaban J connectivity index is 1.59. The van der Waals surface area contributed by atoms with Crippen molar-refractivity contribution < 1.29 is 19.4 Å². The Hall–Kier alpha value is -3.09. The van der Waals surface area contributed by atoms with E-state index in [1.807, 2.05) is 9.80 Å². The number of anilines is 2. The number of hydrogen-bond acceptors (Lipinski definition) is 5. The number of benzene rings is 1. The van der Waals surface area contributed by atoms with E-state index in [-0.39, 0.29) is 11.5 Å². The van der Waals surface area contributed by atoms with Crippen molar-refractivity contribution in [1.29, 1.82) is 0 Å². The number of carbonyl (C=O) groups excluding carboxylic acids is 1. The molecule has 1 aromatic carbocycles. The van der Waals surface area contributed by atoms with E-state index < -0.39 is 5.97 Å². The SMILES string of the molecule is O=C(O)c1ccc(N2CCOc3cc(C(=O)N4CCCCC4)cnc32)cc1. The van der Waals surface area contributed by atoms with E-state index in [9.17, 15) is 9.59 Å². The number of rotatable bonds is 3. The second-order valence-electron chi connectivity index (χ2n) is 6.75. The fourth-order valence-corrected chi connectivity index (χ4v) is 3.53. The zero-order valence-corrected chi connectivity index (χ0v) is 14.9. The second kappa shape index (κ2) is 7.26. The zero-order chi connectivity index (χ0) is 18.8. The van der Waals surface area contributed by atoms with Crippen LogP contribution in [0.25, 0.3) is 0 Å². The van der Waals surface area contributed by atoms with Crippen molar-refractivity contribution in [3.63, 3.8) is 0 Å². The van der Waals surface area contributed by atoms with Gasteiger partial charge in [-0.3, -0.25) is 4.79 Å². The third-order valence-electron chi connectivity index (χ3n) is 4.98. The van der Waals surface area contributed by atoms with E-state index in [1.54, 1.807) is 36.5 Å². The van der Waals surface area contributed by atoms with Gasteiger partial charge in [0.15, 0.2) is 11.6 Å². The number of amides is 1. The lowest BCUT2D eigenvalue weighted by Crippen LogP contribution is -2.36.